The van der Waals surface area contributed by atoms with E-state index in [1.54, 1.807) is 0 Å². The predicted octanol–water partition coefficient (Wildman–Crippen LogP) is 2.15. The number of rotatable bonds is 3. The lowest BCUT2D eigenvalue weighted by Crippen LogP contribution is -2.33. The van der Waals surface area contributed by atoms with Crippen LogP contribution in [0.5, 0.6) is 0 Å². The Hall–Kier alpha value is -0.973. The van der Waals surface area contributed by atoms with E-state index in [9.17, 15) is 4.79 Å². The summed E-state index contributed by atoms with van der Waals surface area (Å²) in [6.45, 7) is 9.14. The monoisotopic (exact) mass is 215 g/mol. The Morgan fingerprint density at radius 3 is 2.57 bits per heavy atom. The van der Waals surface area contributed by atoms with Crippen LogP contribution < -0.4 is 0 Å². The molecule has 0 aromatic carbocycles. The molecule has 1 fully saturated rings. The largest absolute Gasteiger partial charge is 0.533 e. The molecule has 1 heterocycles. The van der Waals surface area contributed by atoms with Gasteiger partial charge < -0.3 is 9.16 Å². The zero-order chi connectivity index (χ0) is 10.8. The minimum atomic E-state index is -1.66. The fourth-order valence-corrected chi connectivity index (χ4v) is 2.03. The highest BCUT2D eigenvalue weighted by atomic mass is 28.4. The topological polar surface area (TPSA) is 38.8 Å². The third-order valence-electron chi connectivity index (χ3n) is 1.68. The van der Waals surface area contributed by atoms with Crippen LogP contribution in [0, 0.1) is 0 Å². The number of ether oxygens (including phenoxy) is 1. The summed E-state index contributed by atoms with van der Waals surface area (Å²) in [5, 5.41) is 0. The van der Waals surface area contributed by atoms with Gasteiger partial charge in [0, 0.05) is 0 Å². The molecule has 0 aromatic rings. The van der Waals surface area contributed by atoms with Crippen LogP contribution in [-0.2, 0) is 9.16 Å². The average Bonchev–Trinajstić information content (AvgIpc) is 2.45. The third kappa shape index (κ3) is 2.76. The first kappa shape index (κ1) is 11.1. The standard InChI is InChI=1S/C9H17NO3Si/c1-5-8(13-14(2,3)4)10-6-7-12-9(10)11/h5H,6-7H2,1-4H3/b8-5-. The lowest BCUT2D eigenvalue weighted by atomic mass is 10.5. The summed E-state index contributed by atoms with van der Waals surface area (Å²) in [5.41, 5.74) is 0. The summed E-state index contributed by atoms with van der Waals surface area (Å²) < 4.78 is 10.6. The highest BCUT2D eigenvalue weighted by Crippen LogP contribution is 2.18. The van der Waals surface area contributed by atoms with Gasteiger partial charge in [-0.3, -0.25) is 0 Å². The van der Waals surface area contributed by atoms with E-state index < -0.39 is 8.32 Å². The molecule has 5 heteroatoms. The Labute approximate surface area is 85.6 Å². The van der Waals surface area contributed by atoms with Gasteiger partial charge in [-0.1, -0.05) is 0 Å². The maximum absolute atomic E-state index is 11.3. The maximum Gasteiger partial charge on any atom is 0.416 e. The quantitative estimate of drug-likeness (QED) is 0.535. The molecule has 0 N–H and O–H groups in total. The number of allylic oxidation sites excluding steroid dienone is 1. The van der Waals surface area contributed by atoms with Crippen molar-refractivity contribution in [2.45, 2.75) is 26.6 Å². The van der Waals surface area contributed by atoms with Gasteiger partial charge in [0.15, 0.2) is 5.88 Å². The van der Waals surface area contributed by atoms with Crippen molar-refractivity contribution in [2.75, 3.05) is 13.2 Å². The highest BCUT2D eigenvalue weighted by molar-refractivity contribution is 6.70. The molecule has 0 bridgehead atoms. The van der Waals surface area contributed by atoms with Crippen LogP contribution in [0.25, 0.3) is 0 Å². The smallest absolute Gasteiger partial charge is 0.416 e. The second kappa shape index (κ2) is 4.04. The van der Waals surface area contributed by atoms with Gasteiger partial charge in [-0.2, -0.15) is 0 Å². The summed E-state index contributed by atoms with van der Waals surface area (Å²) in [5.74, 6) is 0.631. The Morgan fingerprint density at radius 2 is 2.21 bits per heavy atom. The van der Waals surface area contributed by atoms with Gasteiger partial charge >= 0.3 is 6.09 Å². The maximum atomic E-state index is 11.3. The van der Waals surface area contributed by atoms with Crippen molar-refractivity contribution in [1.82, 2.24) is 4.90 Å². The fourth-order valence-electron chi connectivity index (χ4n) is 1.18. The molecule has 1 aliphatic rings. The molecule has 4 nitrogen and oxygen atoms in total. The molecule has 1 saturated heterocycles. The van der Waals surface area contributed by atoms with Crippen LogP contribution in [0.3, 0.4) is 0 Å². The van der Waals surface area contributed by atoms with Gasteiger partial charge in [0.2, 0.25) is 8.32 Å². The molecule has 1 aliphatic heterocycles. The van der Waals surface area contributed by atoms with Crippen LogP contribution >= 0.6 is 0 Å². The van der Waals surface area contributed by atoms with Crippen LogP contribution in [0.4, 0.5) is 4.79 Å². The van der Waals surface area contributed by atoms with Crippen LogP contribution in [0.15, 0.2) is 12.0 Å². The molecule has 0 radical (unpaired) electrons. The van der Waals surface area contributed by atoms with Crippen molar-refractivity contribution in [3.63, 3.8) is 0 Å². The SMILES string of the molecule is C/C=C(\O[Si](C)(C)C)N1CCOC1=O. The van der Waals surface area contributed by atoms with Gasteiger partial charge in [-0.05, 0) is 32.6 Å². The number of amides is 1. The van der Waals surface area contributed by atoms with E-state index >= 15 is 0 Å². The molecule has 1 amide bonds. The number of carbonyl (C=O) groups is 1. The van der Waals surface area contributed by atoms with E-state index in [0.717, 1.165) is 0 Å². The normalized spacial score (nSPS) is 18.4. The van der Waals surface area contributed by atoms with E-state index in [4.69, 9.17) is 9.16 Å². The molecule has 80 valence electrons. The molecule has 0 unspecified atom stereocenters. The fraction of sp³-hybridized carbons (Fsp3) is 0.667. The van der Waals surface area contributed by atoms with Crippen LogP contribution in [0.2, 0.25) is 19.6 Å². The van der Waals surface area contributed by atoms with Gasteiger partial charge in [-0.15, -0.1) is 0 Å². The zero-order valence-electron chi connectivity index (χ0n) is 9.16. The second-order valence-electron chi connectivity index (χ2n) is 4.11. The van der Waals surface area contributed by atoms with E-state index in [0.29, 0.717) is 19.0 Å². The van der Waals surface area contributed by atoms with Gasteiger partial charge in [0.25, 0.3) is 0 Å². The van der Waals surface area contributed by atoms with Crippen molar-refractivity contribution in [3.8, 4) is 0 Å². The van der Waals surface area contributed by atoms with Gasteiger partial charge in [-0.25, -0.2) is 9.69 Å². The summed E-state index contributed by atoms with van der Waals surface area (Å²) in [6.07, 6.45) is 1.50. The summed E-state index contributed by atoms with van der Waals surface area (Å²) in [4.78, 5) is 12.8. The van der Waals surface area contributed by atoms with Crippen molar-refractivity contribution in [3.05, 3.63) is 12.0 Å². The molecule has 0 atom stereocenters. The number of nitrogens with zero attached hydrogens (tertiary/aromatic N) is 1. The van der Waals surface area contributed by atoms with Crippen molar-refractivity contribution in [2.24, 2.45) is 0 Å². The first-order valence-corrected chi connectivity index (χ1v) is 8.14. The highest BCUT2D eigenvalue weighted by Gasteiger charge is 2.29. The molecule has 0 aliphatic carbocycles. The number of hydrogen-bond donors (Lipinski definition) is 0. The molecule has 0 spiro atoms. The van der Waals surface area contributed by atoms with Crippen LogP contribution in [0.1, 0.15) is 6.92 Å². The summed E-state index contributed by atoms with van der Waals surface area (Å²) >= 11 is 0. The predicted molar refractivity (Wildman–Crippen MR) is 56.2 cm³/mol. The molecular weight excluding hydrogens is 198 g/mol. The van der Waals surface area contributed by atoms with E-state index in [2.05, 4.69) is 19.6 Å². The lowest BCUT2D eigenvalue weighted by Gasteiger charge is -2.25. The zero-order valence-corrected chi connectivity index (χ0v) is 10.2. The minimum Gasteiger partial charge on any atom is -0.533 e. The Kier molecular flexibility index (Phi) is 3.20. The van der Waals surface area contributed by atoms with E-state index in [-0.39, 0.29) is 6.09 Å². The van der Waals surface area contributed by atoms with Gasteiger partial charge in [0.1, 0.15) is 6.61 Å². The summed E-state index contributed by atoms with van der Waals surface area (Å²) in [7, 11) is -1.66. The first-order valence-electron chi connectivity index (χ1n) is 4.73. The molecule has 0 saturated carbocycles. The van der Waals surface area contributed by atoms with Crippen molar-refractivity contribution >= 4 is 14.4 Å². The molecule has 14 heavy (non-hydrogen) atoms. The van der Waals surface area contributed by atoms with Gasteiger partial charge in [0.05, 0.1) is 6.54 Å². The number of carbonyl (C=O) groups excluding carboxylic acids is 1. The second-order valence-corrected chi connectivity index (χ2v) is 8.54. The van der Waals surface area contributed by atoms with E-state index in [1.807, 2.05) is 13.0 Å². The number of hydrogen-bond acceptors (Lipinski definition) is 3. The third-order valence-corrected chi connectivity index (χ3v) is 2.51. The Bertz CT molecular complexity index is 257. The van der Waals surface area contributed by atoms with E-state index in [1.165, 1.54) is 4.90 Å². The van der Waals surface area contributed by atoms with Crippen molar-refractivity contribution in [1.29, 1.82) is 0 Å². The molecular formula is C9H17NO3Si. The van der Waals surface area contributed by atoms with Crippen molar-refractivity contribution < 1.29 is 14.0 Å². The molecule has 1 rings (SSSR count). The minimum absolute atomic E-state index is 0.309. The number of cyclic esters (lactones) is 1. The first-order chi connectivity index (χ1) is 6.44. The summed E-state index contributed by atoms with van der Waals surface area (Å²) in [6, 6.07) is 0. The average molecular weight is 215 g/mol. The molecule has 0 aromatic heterocycles. The Morgan fingerprint density at radius 1 is 1.57 bits per heavy atom. The van der Waals surface area contributed by atoms with Crippen LogP contribution in [-0.4, -0.2) is 32.5 Å². The lowest BCUT2D eigenvalue weighted by molar-refractivity contribution is 0.153. The Balaban J connectivity index is 2.68.